The van der Waals surface area contributed by atoms with Gasteiger partial charge in [-0.2, -0.15) is 0 Å². The maximum absolute atomic E-state index is 10.3. The molecule has 2 N–H and O–H groups in total. The van der Waals surface area contributed by atoms with Crippen molar-refractivity contribution in [3.8, 4) is 0 Å². The van der Waals surface area contributed by atoms with Gasteiger partial charge in [-0.15, -0.1) is 11.3 Å². The Balaban J connectivity index is 1.24. The van der Waals surface area contributed by atoms with Crippen LogP contribution in [0.5, 0.6) is 0 Å². The van der Waals surface area contributed by atoms with Gasteiger partial charge in [0.15, 0.2) is 0 Å². The molecule has 4 fully saturated rings. The van der Waals surface area contributed by atoms with Crippen molar-refractivity contribution < 1.29 is 9.84 Å². The highest BCUT2D eigenvalue weighted by atomic mass is 32.1. The summed E-state index contributed by atoms with van der Waals surface area (Å²) in [5, 5.41) is 15.8. The van der Waals surface area contributed by atoms with Crippen LogP contribution in [-0.4, -0.2) is 30.0 Å². The number of hydrogen-bond acceptors (Lipinski definition) is 4. The molecular weight excluding hydrogens is 306 g/mol. The molecule has 2 atom stereocenters. The van der Waals surface area contributed by atoms with E-state index in [0.29, 0.717) is 19.2 Å². The average Bonchev–Trinajstić information content (AvgIpc) is 3.04. The second-order valence-electron chi connectivity index (χ2n) is 8.21. The van der Waals surface area contributed by atoms with Crippen LogP contribution in [0.1, 0.15) is 56.4 Å². The van der Waals surface area contributed by atoms with Gasteiger partial charge in [-0.05, 0) is 74.6 Å². The first kappa shape index (κ1) is 16.1. The van der Waals surface area contributed by atoms with Crippen LogP contribution in [0.25, 0.3) is 0 Å². The Bertz CT molecular complexity index is 480. The van der Waals surface area contributed by atoms with Gasteiger partial charge in [0.2, 0.25) is 0 Å². The van der Waals surface area contributed by atoms with Gasteiger partial charge >= 0.3 is 0 Å². The third kappa shape index (κ3) is 3.51. The van der Waals surface area contributed by atoms with Crippen molar-refractivity contribution in [3.05, 3.63) is 22.4 Å². The van der Waals surface area contributed by atoms with E-state index < -0.39 is 6.10 Å². The number of nitrogens with one attached hydrogen (secondary N) is 1. The number of ether oxygens (including phenoxy) is 1. The third-order valence-electron chi connectivity index (χ3n) is 6.19. The predicted octanol–water partition coefficient (Wildman–Crippen LogP) is 3.75. The molecule has 1 heterocycles. The van der Waals surface area contributed by atoms with Crippen LogP contribution in [-0.2, 0) is 4.74 Å². The van der Waals surface area contributed by atoms with E-state index in [1.165, 1.54) is 43.4 Å². The zero-order chi connectivity index (χ0) is 15.9. The highest BCUT2D eigenvalue weighted by Gasteiger charge is 2.51. The molecule has 4 saturated carbocycles. The SMILES string of the molecule is CC(NCC(O)COC12CC3CC(CC(C3)C1)C2)c1cccs1. The summed E-state index contributed by atoms with van der Waals surface area (Å²) in [5.41, 5.74) is 0.106. The van der Waals surface area contributed by atoms with Gasteiger partial charge in [-0.1, -0.05) is 6.07 Å². The lowest BCUT2D eigenvalue weighted by molar-refractivity contribution is -0.174. The Morgan fingerprint density at radius 3 is 2.48 bits per heavy atom. The minimum Gasteiger partial charge on any atom is -0.389 e. The summed E-state index contributed by atoms with van der Waals surface area (Å²) in [7, 11) is 0. The standard InChI is InChI=1S/C19H29NO2S/c1-13(18-3-2-4-23-18)20-11-17(21)12-22-19-8-14-5-15(9-19)7-16(6-14)10-19/h2-4,13-17,20-21H,5-12H2,1H3. The summed E-state index contributed by atoms with van der Waals surface area (Å²) < 4.78 is 6.34. The molecule has 1 aromatic rings. The molecule has 0 amide bonds. The van der Waals surface area contributed by atoms with Gasteiger partial charge in [0.1, 0.15) is 0 Å². The van der Waals surface area contributed by atoms with Crippen LogP contribution < -0.4 is 5.32 Å². The first-order chi connectivity index (χ1) is 11.1. The molecule has 23 heavy (non-hydrogen) atoms. The Hall–Kier alpha value is -0.420. The van der Waals surface area contributed by atoms with E-state index in [0.717, 1.165) is 17.8 Å². The van der Waals surface area contributed by atoms with Gasteiger partial charge in [-0.3, -0.25) is 0 Å². The highest BCUT2D eigenvalue weighted by Crippen LogP contribution is 2.57. The lowest BCUT2D eigenvalue weighted by Gasteiger charge is -2.56. The zero-order valence-corrected chi connectivity index (χ0v) is 14.9. The minimum atomic E-state index is -0.412. The molecule has 4 bridgehead atoms. The molecule has 5 rings (SSSR count). The smallest absolute Gasteiger partial charge is 0.0898 e. The molecule has 0 aromatic carbocycles. The van der Waals surface area contributed by atoms with Crippen LogP contribution in [0.2, 0.25) is 0 Å². The van der Waals surface area contributed by atoms with Crippen molar-refractivity contribution in [2.45, 2.75) is 63.2 Å². The van der Waals surface area contributed by atoms with Crippen LogP contribution in [0.15, 0.2) is 17.5 Å². The Morgan fingerprint density at radius 2 is 1.91 bits per heavy atom. The maximum Gasteiger partial charge on any atom is 0.0898 e. The minimum absolute atomic E-state index is 0.106. The Morgan fingerprint density at radius 1 is 1.26 bits per heavy atom. The van der Waals surface area contributed by atoms with E-state index in [2.05, 4.69) is 29.8 Å². The van der Waals surface area contributed by atoms with Crippen LogP contribution >= 0.6 is 11.3 Å². The number of aliphatic hydroxyl groups excluding tert-OH is 1. The van der Waals surface area contributed by atoms with Crippen molar-refractivity contribution in [1.29, 1.82) is 0 Å². The number of aliphatic hydroxyl groups is 1. The summed E-state index contributed by atoms with van der Waals surface area (Å²) in [5.74, 6) is 2.70. The lowest BCUT2D eigenvalue weighted by Crippen LogP contribution is -2.53. The molecule has 0 aliphatic heterocycles. The Kier molecular flexibility index (Phi) is 4.52. The van der Waals surface area contributed by atoms with E-state index in [1.54, 1.807) is 11.3 Å². The van der Waals surface area contributed by atoms with Crippen molar-refractivity contribution in [3.63, 3.8) is 0 Å². The van der Waals surface area contributed by atoms with Gasteiger partial charge in [0.05, 0.1) is 18.3 Å². The van der Waals surface area contributed by atoms with Gasteiger partial charge in [0, 0.05) is 17.5 Å². The zero-order valence-electron chi connectivity index (χ0n) is 14.0. The molecule has 3 nitrogen and oxygen atoms in total. The molecular formula is C19H29NO2S. The van der Waals surface area contributed by atoms with E-state index >= 15 is 0 Å². The van der Waals surface area contributed by atoms with Crippen molar-refractivity contribution in [2.24, 2.45) is 17.8 Å². The first-order valence-corrected chi connectivity index (χ1v) is 10.1. The normalized spacial score (nSPS) is 37.9. The summed E-state index contributed by atoms with van der Waals surface area (Å²) >= 11 is 1.76. The molecule has 4 aliphatic carbocycles. The van der Waals surface area contributed by atoms with Gasteiger partial charge in [-0.25, -0.2) is 0 Å². The predicted molar refractivity (Wildman–Crippen MR) is 93.6 cm³/mol. The van der Waals surface area contributed by atoms with Gasteiger partial charge in [0.25, 0.3) is 0 Å². The van der Waals surface area contributed by atoms with E-state index in [1.807, 2.05) is 0 Å². The quantitative estimate of drug-likeness (QED) is 0.797. The van der Waals surface area contributed by atoms with Crippen LogP contribution in [0, 0.1) is 17.8 Å². The van der Waals surface area contributed by atoms with Crippen LogP contribution in [0.3, 0.4) is 0 Å². The topological polar surface area (TPSA) is 41.5 Å². The van der Waals surface area contributed by atoms with Gasteiger partial charge < -0.3 is 15.2 Å². The fourth-order valence-corrected chi connectivity index (χ4v) is 6.25. The number of rotatable bonds is 7. The highest BCUT2D eigenvalue weighted by molar-refractivity contribution is 7.10. The second kappa shape index (κ2) is 6.47. The molecule has 128 valence electrons. The molecule has 4 heteroatoms. The molecule has 2 unspecified atom stereocenters. The van der Waals surface area contributed by atoms with Crippen molar-refractivity contribution >= 4 is 11.3 Å². The maximum atomic E-state index is 10.3. The number of hydrogen-bond donors (Lipinski definition) is 2. The summed E-state index contributed by atoms with van der Waals surface area (Å²) in [6.45, 7) is 3.24. The first-order valence-electron chi connectivity index (χ1n) is 9.21. The Labute approximate surface area is 143 Å². The largest absolute Gasteiger partial charge is 0.389 e. The van der Waals surface area contributed by atoms with E-state index in [-0.39, 0.29) is 5.60 Å². The molecule has 0 radical (unpaired) electrons. The summed E-state index contributed by atoms with van der Waals surface area (Å²) in [4.78, 5) is 1.32. The number of thiophene rings is 1. The molecule has 0 saturated heterocycles. The average molecular weight is 336 g/mol. The van der Waals surface area contributed by atoms with Crippen LogP contribution in [0.4, 0.5) is 0 Å². The monoisotopic (exact) mass is 335 g/mol. The molecule has 0 spiro atoms. The van der Waals surface area contributed by atoms with E-state index in [9.17, 15) is 5.11 Å². The van der Waals surface area contributed by atoms with Crippen molar-refractivity contribution in [2.75, 3.05) is 13.2 Å². The fraction of sp³-hybridized carbons (Fsp3) is 0.789. The third-order valence-corrected chi connectivity index (χ3v) is 7.25. The molecule has 4 aliphatic rings. The molecule has 1 aromatic heterocycles. The summed E-state index contributed by atoms with van der Waals surface area (Å²) in [6.07, 6.45) is 7.62. The fourth-order valence-electron chi connectivity index (χ4n) is 5.49. The van der Waals surface area contributed by atoms with E-state index in [4.69, 9.17) is 4.74 Å². The van der Waals surface area contributed by atoms with Crippen molar-refractivity contribution in [1.82, 2.24) is 5.32 Å². The second-order valence-corrected chi connectivity index (χ2v) is 9.19. The summed E-state index contributed by atoms with van der Waals surface area (Å²) in [6, 6.07) is 4.51. The lowest BCUT2D eigenvalue weighted by atomic mass is 9.54.